The molecule has 4 saturated heterocycles. The average Bonchev–Trinajstić information content (AvgIpc) is 3.88. The Hall–Kier alpha value is -6.54. The summed E-state index contributed by atoms with van der Waals surface area (Å²) in [6, 6.07) is 10.0. The predicted molar refractivity (Wildman–Crippen MR) is 256 cm³/mol. The van der Waals surface area contributed by atoms with Crippen LogP contribution in [0.5, 0.6) is 11.5 Å². The maximum absolute atomic E-state index is 15.8. The largest absolute Gasteiger partial charge is 0.451 e. The Morgan fingerprint density at radius 2 is 1.81 bits per heavy atom. The summed E-state index contributed by atoms with van der Waals surface area (Å²) in [6.45, 7) is 4.50. The second-order valence-corrected chi connectivity index (χ2v) is 19.5. The minimum Gasteiger partial charge on any atom is -0.451 e. The van der Waals surface area contributed by atoms with Crippen LogP contribution in [0.25, 0.3) is 21.8 Å². The number of aryl methyl sites for hydroxylation is 1. The molecule has 3 aromatic carbocycles. The van der Waals surface area contributed by atoms with Gasteiger partial charge in [0.2, 0.25) is 11.8 Å². The number of anilines is 4. The van der Waals surface area contributed by atoms with Gasteiger partial charge >= 0.3 is 6.03 Å². The van der Waals surface area contributed by atoms with Gasteiger partial charge in [0, 0.05) is 84.4 Å². The summed E-state index contributed by atoms with van der Waals surface area (Å²) in [4.78, 5) is 63.7. The fourth-order valence-electron chi connectivity index (χ4n) is 9.83. The first kappa shape index (κ1) is 47.5. The summed E-state index contributed by atoms with van der Waals surface area (Å²) < 4.78 is 51.9. The van der Waals surface area contributed by atoms with E-state index in [-0.39, 0.29) is 90.5 Å². The molecule has 5 aromatic rings. The van der Waals surface area contributed by atoms with E-state index >= 15 is 8.78 Å². The van der Waals surface area contributed by atoms with Gasteiger partial charge in [-0.15, -0.1) is 0 Å². The number of piperidine rings is 2. The number of urea groups is 1. The molecule has 1 spiro atoms. The van der Waals surface area contributed by atoms with Crippen molar-refractivity contribution in [3.63, 3.8) is 0 Å². The number of ether oxygens (including phenoxy) is 2. The molecule has 3 N–H and O–H groups in total. The first-order valence-corrected chi connectivity index (χ1v) is 23.7. The minimum atomic E-state index is -1.28. The number of benzene rings is 3. The number of imide groups is 1. The van der Waals surface area contributed by atoms with E-state index in [9.17, 15) is 29.5 Å². The van der Waals surface area contributed by atoms with Crippen molar-refractivity contribution >= 4 is 74.7 Å². The second kappa shape index (κ2) is 18.8. The molecule has 19 nitrogen and oxygen atoms in total. The third kappa shape index (κ3) is 9.11. The number of hydrogen-bond acceptors (Lipinski definition) is 15. The highest BCUT2D eigenvalue weighted by molar-refractivity contribution is 7.98. The van der Waals surface area contributed by atoms with E-state index in [0.717, 1.165) is 6.54 Å². The Balaban J connectivity index is 0.837. The Morgan fingerprint density at radius 1 is 1.06 bits per heavy atom. The van der Waals surface area contributed by atoms with Gasteiger partial charge in [-0.05, 0) is 75.5 Å². The lowest BCUT2D eigenvalue weighted by molar-refractivity contribution is -0.142. The minimum absolute atomic E-state index is 0.0303. The summed E-state index contributed by atoms with van der Waals surface area (Å²) in [5, 5.41) is 29.2. The standard InChI is InChI=1S/C47H54F2N12O7S/c1-6-56(4)69-54-33-8-7-31(48)42(30(33)25-50)68-37-10-9-34-40(41(37)55(2)3)44(64)61(27-51-34)28-23-47(67-26-28)14-19-59(20-15-47)39(63)24-46(66)12-17-58(18-13-46)36-22-35-29(21-32(36)49)43(53-57(35)5)60-16-11-38(62)52-45(60)65/h7-10,21-22,27-28,54,66H,6,11-20,23-24,26H2,1-5H3,(H,52,62,65). The molecule has 0 radical (unpaired) electrons. The van der Waals surface area contributed by atoms with Crippen molar-refractivity contribution < 1.29 is 37.7 Å². The number of hydrogen-bond donors (Lipinski definition) is 3. The molecule has 9 rings (SSSR count). The van der Waals surface area contributed by atoms with Crippen LogP contribution in [0.2, 0.25) is 0 Å². The summed E-state index contributed by atoms with van der Waals surface area (Å²) in [5.74, 6) is -1.66. The molecule has 69 heavy (non-hydrogen) atoms. The van der Waals surface area contributed by atoms with Gasteiger partial charge in [0.15, 0.2) is 23.1 Å². The van der Waals surface area contributed by atoms with E-state index in [1.807, 2.05) is 23.2 Å². The Morgan fingerprint density at radius 3 is 2.51 bits per heavy atom. The molecule has 6 heterocycles. The van der Waals surface area contributed by atoms with E-state index in [1.54, 1.807) is 58.4 Å². The van der Waals surface area contributed by atoms with Gasteiger partial charge in [0.1, 0.15) is 17.4 Å². The van der Waals surface area contributed by atoms with Gasteiger partial charge in [-0.3, -0.25) is 33.8 Å². The number of amides is 4. The van der Waals surface area contributed by atoms with E-state index in [4.69, 9.17) is 9.47 Å². The zero-order chi connectivity index (χ0) is 48.9. The quantitative estimate of drug-likeness (QED) is 0.134. The highest BCUT2D eigenvalue weighted by Crippen LogP contribution is 2.43. The molecule has 4 aliphatic rings. The zero-order valence-electron chi connectivity index (χ0n) is 39.1. The molecule has 4 fully saturated rings. The number of carbonyl (C=O) groups excluding carboxylic acids is 3. The SMILES string of the molecule is CCN(C)SNc1ccc(F)c(Oc2ccc3ncn(C4COC5(CCN(C(=O)CC6(O)CCN(c7cc8c(cc7F)c(N7CCC(=O)NC7=O)nn8C)CC6)CC5)C4)c(=O)c3c2N(C)C)c1C#N. The molecule has 0 aliphatic carbocycles. The molecule has 22 heteroatoms. The molecule has 4 amide bonds. The van der Waals surface area contributed by atoms with Gasteiger partial charge in [0.25, 0.3) is 5.56 Å². The second-order valence-electron chi connectivity index (χ2n) is 18.5. The third-order valence-corrected chi connectivity index (χ3v) is 14.7. The van der Waals surface area contributed by atoms with Crippen LogP contribution < -0.4 is 35.0 Å². The van der Waals surface area contributed by atoms with Crippen molar-refractivity contribution in [2.24, 2.45) is 7.05 Å². The maximum Gasteiger partial charge on any atom is 0.329 e. The fourth-order valence-corrected chi connectivity index (χ4v) is 10.4. The Labute approximate surface area is 400 Å². The summed E-state index contributed by atoms with van der Waals surface area (Å²) in [5.41, 5.74) is -0.157. The van der Waals surface area contributed by atoms with E-state index in [2.05, 4.69) is 26.2 Å². The van der Waals surface area contributed by atoms with E-state index in [1.165, 1.54) is 41.6 Å². The molecule has 1 unspecified atom stereocenters. The van der Waals surface area contributed by atoms with Crippen molar-refractivity contribution in [2.75, 3.05) is 86.4 Å². The van der Waals surface area contributed by atoms with Crippen molar-refractivity contribution in [1.29, 1.82) is 5.26 Å². The number of fused-ring (bicyclic) bond motifs is 2. The average molecular weight is 969 g/mol. The van der Waals surface area contributed by atoms with Crippen LogP contribution in [0.4, 0.5) is 36.5 Å². The number of nitrogens with zero attached hydrogens (tertiary/aromatic N) is 10. The predicted octanol–water partition coefficient (Wildman–Crippen LogP) is 5.41. The number of rotatable bonds is 12. The van der Waals surface area contributed by atoms with Gasteiger partial charge in [-0.1, -0.05) is 6.92 Å². The number of nitriles is 1. The molecule has 2 aromatic heterocycles. The van der Waals surface area contributed by atoms with Gasteiger partial charge in [0.05, 0.1) is 70.1 Å². The van der Waals surface area contributed by atoms with Crippen molar-refractivity contribution in [2.45, 2.75) is 69.1 Å². The van der Waals surface area contributed by atoms with Crippen LogP contribution in [0.3, 0.4) is 0 Å². The number of halogens is 2. The summed E-state index contributed by atoms with van der Waals surface area (Å²) in [7, 11) is 7.06. The highest BCUT2D eigenvalue weighted by Gasteiger charge is 2.46. The molecule has 1 atom stereocenters. The van der Waals surface area contributed by atoms with Crippen molar-refractivity contribution in [3.05, 3.63) is 70.3 Å². The van der Waals surface area contributed by atoms with Crippen molar-refractivity contribution in [3.8, 4) is 17.6 Å². The lowest BCUT2D eigenvalue weighted by Crippen LogP contribution is -2.51. The van der Waals surface area contributed by atoms with E-state index in [0.29, 0.717) is 78.9 Å². The Kier molecular flexibility index (Phi) is 12.9. The molecular formula is C47H54F2N12O7S. The van der Waals surface area contributed by atoms with Crippen LogP contribution in [0, 0.1) is 23.0 Å². The molecular weight excluding hydrogens is 915 g/mol. The molecule has 0 bridgehead atoms. The first-order valence-electron chi connectivity index (χ1n) is 22.9. The van der Waals surface area contributed by atoms with Crippen LogP contribution in [0.1, 0.15) is 63.5 Å². The topological polar surface area (TPSA) is 207 Å². The maximum atomic E-state index is 15.8. The number of likely N-dealkylation sites (tertiary alicyclic amines) is 1. The van der Waals surface area contributed by atoms with Crippen LogP contribution in [-0.2, 0) is 21.4 Å². The van der Waals surface area contributed by atoms with Crippen LogP contribution >= 0.6 is 12.1 Å². The summed E-state index contributed by atoms with van der Waals surface area (Å²) >= 11 is 1.26. The zero-order valence-corrected chi connectivity index (χ0v) is 39.9. The van der Waals surface area contributed by atoms with Gasteiger partial charge < -0.3 is 34.0 Å². The van der Waals surface area contributed by atoms with Crippen LogP contribution in [-0.4, -0.2) is 130 Å². The number of aromatic nitrogens is 4. The Bertz CT molecular complexity index is 2960. The molecule has 0 saturated carbocycles. The van der Waals surface area contributed by atoms with Crippen LogP contribution in [0.15, 0.2) is 47.5 Å². The first-order chi connectivity index (χ1) is 33.0. The third-order valence-electron chi connectivity index (χ3n) is 13.9. The monoisotopic (exact) mass is 968 g/mol. The van der Waals surface area contributed by atoms with Gasteiger partial charge in [-0.2, -0.15) is 10.4 Å². The lowest BCUT2D eigenvalue weighted by Gasteiger charge is -2.42. The number of carbonyl (C=O) groups is 3. The van der Waals surface area contributed by atoms with Gasteiger partial charge in [-0.25, -0.2) is 22.9 Å². The normalized spacial score (nSPS) is 19.1. The smallest absolute Gasteiger partial charge is 0.329 e. The molecule has 364 valence electrons. The lowest BCUT2D eigenvalue weighted by atomic mass is 9.85. The number of nitrogens with one attached hydrogen (secondary N) is 2. The summed E-state index contributed by atoms with van der Waals surface area (Å²) in [6.07, 6.45) is 3.60. The number of aliphatic hydroxyl groups is 1. The molecule has 4 aliphatic heterocycles. The fraction of sp³-hybridized carbons (Fsp3) is 0.468. The van der Waals surface area contributed by atoms with Crippen molar-refractivity contribution in [1.82, 2.24) is 33.9 Å². The van der Waals surface area contributed by atoms with E-state index < -0.39 is 28.9 Å². The highest BCUT2D eigenvalue weighted by atomic mass is 32.2.